The number of aromatic nitrogens is 4. The molecular formula is C46H48N4OPt. The third-order valence-electron chi connectivity index (χ3n) is 9.81. The zero-order valence-electron chi connectivity index (χ0n) is 31.6. The van der Waals surface area contributed by atoms with Gasteiger partial charge >= 0.3 is 21.1 Å². The maximum atomic E-state index is 6.64. The molecule has 0 unspecified atom stereocenters. The van der Waals surface area contributed by atoms with Gasteiger partial charge < -0.3 is 9.30 Å². The van der Waals surface area contributed by atoms with Crippen LogP contribution in [0.15, 0.2) is 91.1 Å². The van der Waals surface area contributed by atoms with Gasteiger partial charge in [0.15, 0.2) is 0 Å². The summed E-state index contributed by atoms with van der Waals surface area (Å²) in [6, 6.07) is 37.1. The quantitative estimate of drug-likeness (QED) is 0.102. The molecule has 0 saturated carbocycles. The minimum Gasteiger partial charge on any atom is -0.509 e. The second-order valence-electron chi connectivity index (χ2n) is 15.5. The van der Waals surface area contributed by atoms with Crippen LogP contribution >= 0.6 is 0 Å². The molecule has 268 valence electrons. The van der Waals surface area contributed by atoms with E-state index in [0.29, 0.717) is 16.9 Å². The number of benzene rings is 4. The van der Waals surface area contributed by atoms with E-state index in [1.54, 1.807) is 0 Å². The molecule has 0 bridgehead atoms. The van der Waals surface area contributed by atoms with Gasteiger partial charge in [-0.15, -0.1) is 41.3 Å². The van der Waals surface area contributed by atoms with Gasteiger partial charge in [0.2, 0.25) is 0 Å². The number of hydrogen-bond donors (Lipinski definition) is 0. The van der Waals surface area contributed by atoms with Crippen molar-refractivity contribution in [1.29, 1.82) is 0 Å². The predicted octanol–water partition coefficient (Wildman–Crippen LogP) is 12.2. The molecule has 52 heavy (non-hydrogen) atoms. The van der Waals surface area contributed by atoms with Crippen LogP contribution < -0.4 is 4.74 Å². The largest absolute Gasteiger partial charge is 2.00 e. The van der Waals surface area contributed by atoms with Crippen molar-refractivity contribution in [2.75, 3.05) is 0 Å². The minimum absolute atomic E-state index is 0. The number of fused-ring (bicyclic) bond motifs is 3. The smallest absolute Gasteiger partial charge is 0.509 e. The first-order valence-electron chi connectivity index (χ1n) is 18.2. The summed E-state index contributed by atoms with van der Waals surface area (Å²) in [4.78, 5) is 4.80. The molecule has 0 aliphatic heterocycles. The number of unbranched alkanes of at least 4 members (excludes halogenated alkanes) is 1. The van der Waals surface area contributed by atoms with Crippen molar-refractivity contribution in [3.05, 3.63) is 131 Å². The van der Waals surface area contributed by atoms with E-state index < -0.39 is 0 Å². The Morgan fingerprint density at radius 3 is 2.33 bits per heavy atom. The van der Waals surface area contributed by atoms with Crippen molar-refractivity contribution in [2.45, 2.75) is 87.0 Å². The fraction of sp³-hybridized carbons (Fsp3) is 0.304. The fourth-order valence-corrected chi connectivity index (χ4v) is 7.12. The number of pyridine rings is 1. The molecule has 0 amide bonds. The zero-order chi connectivity index (χ0) is 35.9. The van der Waals surface area contributed by atoms with Gasteiger partial charge in [0.1, 0.15) is 5.82 Å². The van der Waals surface area contributed by atoms with E-state index in [2.05, 4.69) is 139 Å². The zero-order valence-corrected chi connectivity index (χ0v) is 33.9. The van der Waals surface area contributed by atoms with Crippen LogP contribution in [0.5, 0.6) is 11.5 Å². The molecule has 5 nitrogen and oxygen atoms in total. The molecule has 0 spiro atoms. The van der Waals surface area contributed by atoms with Crippen LogP contribution in [0, 0.1) is 38.3 Å². The Balaban J connectivity index is 0.00000464. The molecule has 4 aromatic carbocycles. The molecule has 7 rings (SSSR count). The third-order valence-corrected chi connectivity index (χ3v) is 9.81. The van der Waals surface area contributed by atoms with Crippen molar-refractivity contribution >= 4 is 21.8 Å². The van der Waals surface area contributed by atoms with Crippen LogP contribution in [0.2, 0.25) is 0 Å². The summed E-state index contributed by atoms with van der Waals surface area (Å²) in [6.45, 7) is 17.7. The predicted molar refractivity (Wildman–Crippen MR) is 211 cm³/mol. The normalized spacial score (nSPS) is 11.8. The number of aryl methyl sites for hydroxylation is 3. The monoisotopic (exact) mass is 867 g/mol. The molecule has 3 heterocycles. The molecule has 0 saturated heterocycles. The average molecular weight is 868 g/mol. The second-order valence-corrected chi connectivity index (χ2v) is 15.5. The number of ether oxygens (including phenoxy) is 1. The van der Waals surface area contributed by atoms with Gasteiger partial charge in [-0.2, -0.15) is 11.2 Å². The summed E-state index contributed by atoms with van der Waals surface area (Å²) >= 11 is 0. The molecule has 0 aliphatic carbocycles. The second kappa shape index (κ2) is 15.2. The summed E-state index contributed by atoms with van der Waals surface area (Å²) in [7, 11) is 0. The van der Waals surface area contributed by atoms with E-state index in [1.165, 1.54) is 30.2 Å². The average Bonchev–Trinajstić information content (AvgIpc) is 3.58. The van der Waals surface area contributed by atoms with Gasteiger partial charge in [-0.05, 0) is 97.3 Å². The van der Waals surface area contributed by atoms with Gasteiger partial charge in [-0.3, -0.25) is 4.68 Å². The van der Waals surface area contributed by atoms with Gasteiger partial charge in [-0.1, -0.05) is 89.0 Å². The van der Waals surface area contributed by atoms with Gasteiger partial charge in [0, 0.05) is 34.5 Å². The van der Waals surface area contributed by atoms with Crippen molar-refractivity contribution in [1.82, 2.24) is 19.3 Å². The van der Waals surface area contributed by atoms with E-state index in [1.807, 2.05) is 29.1 Å². The standard InChI is InChI=1S/C46H48N4O.Pt/c1-30(2)36-26-37(50-33(5)45(32(4)48-50)35-15-10-9-11-16-35)28-39(27-36)51-38-18-19-40-41-25-34(14-12-13-22-46(6,7)8)17-20-42(41)49(43(40)29-38)44-24-31(3)21-23-47-44;/h9-11,15-21,23-27,30H,12-14,22H2,1-8H3;/q-2;+2. The Morgan fingerprint density at radius 2 is 1.60 bits per heavy atom. The molecule has 0 aliphatic rings. The molecule has 7 aromatic rings. The van der Waals surface area contributed by atoms with E-state index in [9.17, 15) is 0 Å². The maximum Gasteiger partial charge on any atom is 2.00 e. The molecule has 0 radical (unpaired) electrons. The van der Waals surface area contributed by atoms with E-state index in [4.69, 9.17) is 14.8 Å². The fourth-order valence-electron chi connectivity index (χ4n) is 7.12. The maximum absolute atomic E-state index is 6.64. The summed E-state index contributed by atoms with van der Waals surface area (Å²) < 4.78 is 10.9. The van der Waals surface area contributed by atoms with Crippen LogP contribution in [0.3, 0.4) is 0 Å². The molecule has 0 N–H and O–H groups in total. The molecule has 6 heteroatoms. The van der Waals surface area contributed by atoms with E-state index >= 15 is 0 Å². The van der Waals surface area contributed by atoms with Crippen LogP contribution in [0.4, 0.5) is 0 Å². The molecule has 0 fully saturated rings. The summed E-state index contributed by atoms with van der Waals surface area (Å²) in [6.07, 6.45) is 6.60. The summed E-state index contributed by atoms with van der Waals surface area (Å²) in [5.41, 5.74) is 11.3. The SMILES string of the molecule is Cc1ccnc(-n2c3[c-]c(Oc4[c-]c(-n5nc(C)c(-c6ccccc6)c5C)cc(C(C)C)c4)ccc3c3cc(CCCCC(C)(C)C)ccc32)c1.[Pt+2]. The first kappa shape index (κ1) is 37.3. The van der Waals surface area contributed by atoms with Crippen molar-refractivity contribution in [3.8, 4) is 34.1 Å². The first-order chi connectivity index (χ1) is 24.4. The van der Waals surface area contributed by atoms with Crippen molar-refractivity contribution in [3.63, 3.8) is 0 Å². The Bertz CT molecular complexity index is 2340. The molecule has 0 atom stereocenters. The Morgan fingerprint density at radius 1 is 0.808 bits per heavy atom. The van der Waals surface area contributed by atoms with Crippen LogP contribution in [-0.4, -0.2) is 19.3 Å². The van der Waals surface area contributed by atoms with Crippen molar-refractivity contribution < 1.29 is 25.8 Å². The Kier molecular flexibility index (Phi) is 10.9. The van der Waals surface area contributed by atoms with Gasteiger partial charge in [0.25, 0.3) is 0 Å². The minimum atomic E-state index is 0. The number of rotatable bonds is 10. The van der Waals surface area contributed by atoms with Crippen LogP contribution in [-0.2, 0) is 27.5 Å². The first-order valence-corrected chi connectivity index (χ1v) is 18.2. The van der Waals surface area contributed by atoms with E-state index in [-0.39, 0.29) is 27.0 Å². The molecular weight excluding hydrogens is 820 g/mol. The number of nitrogens with zero attached hydrogens (tertiary/aromatic N) is 4. The summed E-state index contributed by atoms with van der Waals surface area (Å²) in [5.74, 6) is 2.42. The van der Waals surface area contributed by atoms with Crippen LogP contribution in [0.25, 0.3) is 44.4 Å². The number of hydrogen-bond acceptors (Lipinski definition) is 3. The summed E-state index contributed by atoms with van der Waals surface area (Å²) in [5, 5.41) is 7.32. The van der Waals surface area contributed by atoms with Gasteiger partial charge in [-0.25, -0.2) is 4.98 Å². The Hall–Kier alpha value is -4.47. The van der Waals surface area contributed by atoms with Gasteiger partial charge in [0.05, 0.1) is 5.69 Å². The third kappa shape index (κ3) is 7.81. The topological polar surface area (TPSA) is 44.9 Å². The molecule has 3 aromatic heterocycles. The van der Waals surface area contributed by atoms with Crippen molar-refractivity contribution in [2.24, 2.45) is 5.41 Å². The van der Waals surface area contributed by atoms with E-state index in [0.717, 1.165) is 68.0 Å². The Labute approximate surface area is 323 Å². The van der Waals surface area contributed by atoms with Crippen LogP contribution in [0.1, 0.15) is 87.9 Å².